The molecule has 0 spiro atoms. The summed E-state index contributed by atoms with van der Waals surface area (Å²) < 4.78 is 10.1. The molecule has 7 heteroatoms. The Balaban J connectivity index is 2.54. The SMILES string of the molecule is CB(O)N1CCN(CB=O)C1=O. The van der Waals surface area contributed by atoms with Crippen LogP contribution in [0.15, 0.2) is 0 Å². The zero-order valence-electron chi connectivity index (χ0n) is 6.93. The summed E-state index contributed by atoms with van der Waals surface area (Å²) in [5, 5.41) is 9.10. The van der Waals surface area contributed by atoms with Crippen molar-refractivity contribution in [3.05, 3.63) is 0 Å². The number of amides is 2. The molecule has 1 saturated heterocycles. The minimum absolute atomic E-state index is 0.113. The molecule has 0 aromatic rings. The van der Waals surface area contributed by atoms with E-state index in [-0.39, 0.29) is 12.5 Å². The second-order valence-corrected chi connectivity index (χ2v) is 2.72. The van der Waals surface area contributed by atoms with Crippen LogP contribution in [0.3, 0.4) is 0 Å². The molecule has 1 heterocycles. The third kappa shape index (κ3) is 1.66. The number of rotatable bonds is 3. The van der Waals surface area contributed by atoms with Gasteiger partial charge in [0.2, 0.25) is 0 Å². The van der Waals surface area contributed by atoms with Crippen molar-refractivity contribution in [3.63, 3.8) is 0 Å². The van der Waals surface area contributed by atoms with E-state index < -0.39 is 7.05 Å². The average Bonchev–Trinajstić information content (AvgIpc) is 2.34. The van der Waals surface area contributed by atoms with Crippen LogP contribution in [0.1, 0.15) is 0 Å². The maximum atomic E-state index is 11.3. The minimum atomic E-state index is -0.769. The Morgan fingerprint density at radius 3 is 2.75 bits per heavy atom. The van der Waals surface area contributed by atoms with Gasteiger partial charge in [-0.2, -0.15) is 0 Å². The second kappa shape index (κ2) is 3.71. The summed E-state index contributed by atoms with van der Waals surface area (Å²) in [6.07, 6.45) is 0.113. The molecule has 0 aromatic carbocycles. The summed E-state index contributed by atoms with van der Waals surface area (Å²) in [6.45, 7) is 2.54. The van der Waals surface area contributed by atoms with Crippen LogP contribution in [0.25, 0.3) is 0 Å². The topological polar surface area (TPSA) is 60.9 Å². The Bertz CT molecular complexity index is 199. The Morgan fingerprint density at radius 2 is 2.33 bits per heavy atom. The molecule has 0 saturated carbocycles. The summed E-state index contributed by atoms with van der Waals surface area (Å²) in [7, 11) is -0.0853. The molecule has 1 aliphatic heterocycles. The summed E-state index contributed by atoms with van der Waals surface area (Å²) in [5.41, 5.74) is 0. The standard InChI is InChI=1S/C5H10B2N2O3/c1-7(12)9-3-2-8(4-6-11)5(9)10/h12H,2-4H2,1H3. The molecule has 0 aromatic heterocycles. The number of urea groups is 1. The van der Waals surface area contributed by atoms with E-state index in [1.807, 2.05) is 0 Å². The quantitative estimate of drug-likeness (QED) is 0.540. The van der Waals surface area contributed by atoms with E-state index in [2.05, 4.69) is 0 Å². The van der Waals surface area contributed by atoms with Crippen molar-refractivity contribution in [2.45, 2.75) is 6.82 Å². The van der Waals surface area contributed by atoms with E-state index in [1.54, 1.807) is 0 Å². The summed E-state index contributed by atoms with van der Waals surface area (Å²) >= 11 is 0. The van der Waals surface area contributed by atoms with E-state index in [0.717, 1.165) is 0 Å². The van der Waals surface area contributed by atoms with E-state index in [0.29, 0.717) is 20.2 Å². The second-order valence-electron chi connectivity index (χ2n) is 2.72. The third-order valence-electron chi connectivity index (χ3n) is 1.87. The monoisotopic (exact) mass is 168 g/mol. The van der Waals surface area contributed by atoms with Gasteiger partial charge < -0.3 is 0 Å². The molecule has 64 valence electrons. The molecule has 0 radical (unpaired) electrons. The molecule has 1 aliphatic rings. The van der Waals surface area contributed by atoms with Gasteiger partial charge in [-0.05, 0) is 0 Å². The van der Waals surface area contributed by atoms with Crippen LogP contribution < -0.4 is 0 Å². The van der Waals surface area contributed by atoms with E-state index in [4.69, 9.17) is 5.02 Å². The van der Waals surface area contributed by atoms with Crippen molar-refractivity contribution in [1.82, 2.24) is 9.71 Å². The Hall–Kier alpha value is -0.840. The molecule has 0 unspecified atom stereocenters. The number of carbonyl (C=O) groups is 1. The molecule has 2 amide bonds. The molecule has 12 heavy (non-hydrogen) atoms. The normalized spacial score (nSPS) is 16.7. The van der Waals surface area contributed by atoms with Crippen LogP contribution >= 0.6 is 0 Å². The predicted molar refractivity (Wildman–Crippen MR) is 44.0 cm³/mol. The molecule has 1 N–H and O–H groups in total. The molecular formula is C5H10B2N2O3. The van der Waals surface area contributed by atoms with Crippen molar-refractivity contribution in [2.75, 3.05) is 19.5 Å². The van der Waals surface area contributed by atoms with Crippen molar-refractivity contribution >= 4 is 20.2 Å². The fraction of sp³-hybridized carbons (Fsp3) is 0.800. The zero-order valence-corrected chi connectivity index (χ0v) is 6.93. The third-order valence-corrected chi connectivity index (χ3v) is 1.87. The van der Waals surface area contributed by atoms with Crippen LogP contribution in [-0.4, -0.2) is 54.5 Å². The number of nitrogens with zero attached hydrogens (tertiary/aromatic N) is 2. The van der Waals surface area contributed by atoms with Gasteiger partial charge in [-0.25, -0.2) is 0 Å². The van der Waals surface area contributed by atoms with Gasteiger partial charge in [-0.15, -0.1) is 0 Å². The van der Waals surface area contributed by atoms with Crippen molar-refractivity contribution in [3.8, 4) is 0 Å². The Labute approximate surface area is 71.7 Å². The van der Waals surface area contributed by atoms with E-state index >= 15 is 0 Å². The molecule has 0 bridgehead atoms. The molecule has 0 atom stereocenters. The van der Waals surface area contributed by atoms with Gasteiger partial charge in [0.05, 0.1) is 0 Å². The van der Waals surface area contributed by atoms with Gasteiger partial charge in [0.1, 0.15) is 0 Å². The van der Waals surface area contributed by atoms with E-state index in [1.165, 1.54) is 16.5 Å². The fourth-order valence-corrected chi connectivity index (χ4v) is 1.21. The molecular weight excluding hydrogens is 158 g/mol. The van der Waals surface area contributed by atoms with Gasteiger partial charge in [0.25, 0.3) is 0 Å². The van der Waals surface area contributed by atoms with Crippen molar-refractivity contribution in [2.24, 2.45) is 0 Å². The first kappa shape index (κ1) is 9.25. The van der Waals surface area contributed by atoms with Crippen LogP contribution in [0.2, 0.25) is 6.82 Å². The van der Waals surface area contributed by atoms with Gasteiger partial charge in [-0.3, -0.25) is 0 Å². The first-order valence-corrected chi connectivity index (χ1v) is 3.84. The zero-order chi connectivity index (χ0) is 9.14. The molecule has 1 rings (SSSR count). The summed E-state index contributed by atoms with van der Waals surface area (Å²) in [4.78, 5) is 14.0. The predicted octanol–water partition coefficient (Wildman–Crippen LogP) is -1.16. The van der Waals surface area contributed by atoms with Crippen LogP contribution in [0.5, 0.6) is 0 Å². The molecule has 0 aliphatic carbocycles. The van der Waals surface area contributed by atoms with Gasteiger partial charge in [0, 0.05) is 0 Å². The van der Waals surface area contributed by atoms with Crippen LogP contribution in [0, 0.1) is 0 Å². The maximum absolute atomic E-state index is 11.3. The fourth-order valence-electron chi connectivity index (χ4n) is 1.21. The van der Waals surface area contributed by atoms with Gasteiger partial charge in [-0.1, -0.05) is 0 Å². The van der Waals surface area contributed by atoms with Gasteiger partial charge in [0.15, 0.2) is 0 Å². The van der Waals surface area contributed by atoms with Gasteiger partial charge >= 0.3 is 70.8 Å². The van der Waals surface area contributed by atoms with E-state index in [9.17, 15) is 9.50 Å². The summed E-state index contributed by atoms with van der Waals surface area (Å²) in [5.74, 6) is 0. The molecule has 5 nitrogen and oxygen atoms in total. The van der Waals surface area contributed by atoms with Crippen LogP contribution in [0.4, 0.5) is 4.79 Å². The first-order chi connectivity index (χ1) is 5.66. The molecule has 1 fully saturated rings. The number of hydrogen-bond acceptors (Lipinski definition) is 3. The first-order valence-electron chi connectivity index (χ1n) is 3.84. The summed E-state index contributed by atoms with van der Waals surface area (Å²) in [6, 6.07) is -0.267. The number of carbonyl (C=O) groups excluding carboxylic acids is 1. The van der Waals surface area contributed by atoms with Crippen molar-refractivity contribution < 1.29 is 14.5 Å². The average molecular weight is 168 g/mol. The number of hydrogen-bond donors (Lipinski definition) is 1. The Kier molecular flexibility index (Phi) is 2.86. The Morgan fingerprint density at radius 1 is 1.67 bits per heavy atom. The van der Waals surface area contributed by atoms with Crippen LogP contribution in [-0.2, 0) is 4.70 Å². The van der Waals surface area contributed by atoms with Crippen molar-refractivity contribution in [1.29, 1.82) is 0 Å².